The van der Waals surface area contributed by atoms with Gasteiger partial charge < -0.3 is 76.2 Å². The van der Waals surface area contributed by atoms with Crippen molar-refractivity contribution in [3.05, 3.63) is 73.1 Å². The van der Waals surface area contributed by atoms with Crippen molar-refractivity contribution in [2.45, 2.75) is 262 Å². The number of aryl methyl sites for hydroxylation is 1. The number of rotatable bonds is 24. The summed E-state index contributed by atoms with van der Waals surface area (Å²) in [5, 5.41) is 69.3. The van der Waals surface area contributed by atoms with Crippen molar-refractivity contribution in [1.29, 1.82) is 0 Å². The zero-order chi connectivity index (χ0) is 62.4. The maximum Gasteiger partial charge on any atom is 0.311 e. The molecule has 1 amide bonds. The molecule has 4 heterocycles. The molecule has 0 aliphatic carbocycles. The van der Waals surface area contributed by atoms with Gasteiger partial charge in [-0.15, -0.1) is 0 Å². The van der Waals surface area contributed by atoms with E-state index in [9.17, 15) is 35.1 Å². The average Bonchev–Trinajstić information content (AvgIpc) is 2.62. The largest absolute Gasteiger partial charge is 1.00 e. The van der Waals surface area contributed by atoms with Crippen LogP contribution in [0.5, 0.6) is 0 Å². The summed E-state index contributed by atoms with van der Waals surface area (Å²) in [4.78, 5) is 32.8. The Balaban J connectivity index is 0.0000135. The van der Waals surface area contributed by atoms with Crippen molar-refractivity contribution >= 4 is 35.1 Å². The summed E-state index contributed by atoms with van der Waals surface area (Å²) in [5.74, 6) is -3.26. The van der Waals surface area contributed by atoms with Crippen LogP contribution < -0.4 is 28.3 Å². The van der Waals surface area contributed by atoms with E-state index in [0.717, 1.165) is 38.3 Å². The first-order valence-electron chi connectivity index (χ1n) is 32.0. The summed E-state index contributed by atoms with van der Waals surface area (Å²) < 4.78 is 40.2. The second-order valence-electron chi connectivity index (χ2n) is 26.5. The molecule has 2 aromatic carbocycles. The van der Waals surface area contributed by atoms with Gasteiger partial charge in [0, 0.05) is 45.5 Å². The lowest BCUT2D eigenvalue weighted by Gasteiger charge is -2.48. The van der Waals surface area contributed by atoms with Crippen LogP contribution in [0.1, 0.15) is 172 Å². The number of benzene rings is 2. The van der Waals surface area contributed by atoms with Gasteiger partial charge in [0.1, 0.15) is 53.2 Å². The van der Waals surface area contributed by atoms with E-state index in [-0.39, 0.29) is 62.7 Å². The maximum atomic E-state index is 14.7. The first kappa shape index (κ1) is 73.6. The Kier molecular flexibility index (Phi) is 28.5. The monoisotopic (exact) mass is 1240 g/mol. The molecule has 18 atom stereocenters. The van der Waals surface area contributed by atoms with Crippen molar-refractivity contribution in [2.24, 2.45) is 24.8 Å². The van der Waals surface area contributed by atoms with E-state index in [0.29, 0.717) is 12.8 Å². The number of aromatic nitrogens is 2. The van der Waals surface area contributed by atoms with Crippen LogP contribution in [0.25, 0.3) is 0 Å². The van der Waals surface area contributed by atoms with Gasteiger partial charge in [-0.05, 0) is 131 Å². The third-order valence-electron chi connectivity index (χ3n) is 19.1. The van der Waals surface area contributed by atoms with Crippen LogP contribution in [-0.2, 0) is 45.1 Å². The van der Waals surface area contributed by atoms with E-state index in [1.807, 2.05) is 44.6 Å². The number of methoxy groups -OCH3 is 1. The zero-order valence-corrected chi connectivity index (χ0v) is 56.1. The van der Waals surface area contributed by atoms with E-state index in [1.165, 1.54) is 62.1 Å². The fourth-order valence-electron chi connectivity index (χ4n) is 14.0. The number of halogens is 1. The number of unbranched alkanes of at least 4 members (excludes halogenated alkanes) is 10. The first-order chi connectivity index (χ1) is 40.2. The highest BCUT2D eigenvalue weighted by atomic mass is 35.5. The standard InChI is InChI=1S/C67H110N4O13P.ClH/c1-15-55-67(10,78)60(74)49(6)71(56(72)37-31-23-21-19-17-16-18-20-22-24-32-38-85(51-33-27-25-28-34-51,52-35-29-26-30-36-52)53-42-68-70(13)44-53)43-45(2)40-65(8,77)62(84-64-58(73)54(69(11)12)39-46(3)80-64)47(4)59(48(5)63(76)82-55)83-57-41-66(9,79-14)61(75)50(7)81-57;/h25-30,33-36,42,44-50,54-55,57-62,64,73-75,77-78H,15-24,31-32,37-41,43H2,1-14H3;1H/q+1;/p-1/t45-,46-,47+,48-,49-,50+,54+,55-,57+,58-,59+,60-,61+,62-,64+,65-,66-,67-;/m1./s1. The van der Waals surface area contributed by atoms with E-state index in [2.05, 4.69) is 78.2 Å². The molecule has 0 bridgehead atoms. The molecular weight excluding hydrogens is 1140 g/mol. The highest BCUT2D eigenvalue weighted by molar-refractivity contribution is 7.95. The molecule has 17 nitrogen and oxygen atoms in total. The molecule has 3 aliphatic heterocycles. The Labute approximate surface area is 522 Å². The molecule has 488 valence electrons. The van der Waals surface area contributed by atoms with Crippen LogP contribution in [0.4, 0.5) is 0 Å². The van der Waals surface area contributed by atoms with Crippen LogP contribution in [0.3, 0.4) is 0 Å². The molecule has 86 heavy (non-hydrogen) atoms. The fraction of sp³-hybridized carbons (Fsp3) is 0.746. The molecule has 19 heteroatoms. The van der Waals surface area contributed by atoms with E-state index in [4.69, 9.17) is 28.4 Å². The van der Waals surface area contributed by atoms with Gasteiger partial charge >= 0.3 is 5.97 Å². The molecule has 3 fully saturated rings. The predicted molar refractivity (Wildman–Crippen MR) is 335 cm³/mol. The van der Waals surface area contributed by atoms with Gasteiger partial charge in [-0.2, -0.15) is 5.10 Å². The van der Waals surface area contributed by atoms with Crippen molar-refractivity contribution in [1.82, 2.24) is 19.6 Å². The number of esters is 1. The van der Waals surface area contributed by atoms with Crippen molar-refractivity contribution in [3.8, 4) is 0 Å². The lowest BCUT2D eigenvalue weighted by molar-refractivity contribution is -0.318. The van der Waals surface area contributed by atoms with Crippen LogP contribution in [0, 0.1) is 17.8 Å². The van der Waals surface area contributed by atoms with Gasteiger partial charge in [0.2, 0.25) is 5.91 Å². The Morgan fingerprint density at radius 1 is 0.779 bits per heavy atom. The first-order valence-corrected chi connectivity index (χ1v) is 34.0. The molecule has 1 aromatic heterocycles. The smallest absolute Gasteiger partial charge is 0.311 e. The van der Waals surface area contributed by atoms with E-state index in [1.54, 1.807) is 53.4 Å². The number of nitrogens with zero attached hydrogens (tertiary/aromatic N) is 4. The molecule has 3 aromatic rings. The second-order valence-corrected chi connectivity index (χ2v) is 30.1. The quantitative estimate of drug-likeness (QED) is 0.0443. The minimum atomic E-state index is -2.00. The molecule has 6 rings (SSSR count). The SMILES string of the molecule is CC[C@H]1OC(=O)[C@H](C)[C@@H](O[C@H]2C[C@@](C)(OC)[C@@H](O)[C@H](C)O2)[C@H](C)[C@@H](O[C@@H]2O[C@H](C)C[C@H](N(C)C)[C@H]2O)[C@](C)(O)C[C@@H](C)CN(C(=O)CCCCCCCCCCCCC[P+](c2ccccc2)(c2ccccc2)c2cnn(C)c2)[C@H](C)[C@@H](O)[C@]1(C)O.[Cl-]. The molecule has 0 saturated carbocycles. The average molecular weight is 1250 g/mol. The highest BCUT2D eigenvalue weighted by Gasteiger charge is 2.53. The summed E-state index contributed by atoms with van der Waals surface area (Å²) in [5.41, 5.74) is -4.79. The van der Waals surface area contributed by atoms with Crippen LogP contribution in [0.15, 0.2) is 73.1 Å². The number of carbonyl (C=O) groups is 2. The molecule has 0 unspecified atom stereocenters. The molecule has 5 N–H and O–H groups in total. The van der Waals surface area contributed by atoms with Crippen LogP contribution >= 0.6 is 7.26 Å². The van der Waals surface area contributed by atoms with Gasteiger partial charge in [-0.1, -0.05) is 109 Å². The number of carbonyl (C=O) groups excluding carboxylic acids is 2. The Bertz CT molecular complexity index is 2440. The van der Waals surface area contributed by atoms with Crippen molar-refractivity contribution in [3.63, 3.8) is 0 Å². The minimum absolute atomic E-state index is 0. The van der Waals surface area contributed by atoms with Crippen molar-refractivity contribution < 1.29 is 75.9 Å². The number of amides is 1. The van der Waals surface area contributed by atoms with Gasteiger partial charge in [0.05, 0.1) is 66.1 Å². The number of likely N-dealkylation sites (N-methyl/N-ethyl adjacent to an activating group) is 1. The summed E-state index contributed by atoms with van der Waals surface area (Å²) in [7, 11) is 5.40. The maximum absolute atomic E-state index is 14.7. The zero-order valence-electron chi connectivity index (χ0n) is 54.4. The topological polar surface area (TPSA) is 215 Å². The van der Waals surface area contributed by atoms with E-state index < -0.39 is 109 Å². The number of hydrogen-bond donors (Lipinski definition) is 5. The van der Waals surface area contributed by atoms with Gasteiger partial charge in [-0.3, -0.25) is 14.3 Å². The Morgan fingerprint density at radius 2 is 1.34 bits per heavy atom. The number of aliphatic hydroxyl groups excluding tert-OH is 3. The fourth-order valence-corrected chi connectivity index (χ4v) is 18.3. The molecular formula is C67H110ClN4O13P. The predicted octanol–water partition coefficient (Wildman–Crippen LogP) is 5.21. The number of cyclic esters (lactones) is 1. The van der Waals surface area contributed by atoms with Gasteiger partial charge in [-0.25, -0.2) is 0 Å². The normalized spacial score (nSPS) is 34.4. The lowest BCUT2D eigenvalue weighted by Crippen LogP contribution is -3.00. The highest BCUT2D eigenvalue weighted by Crippen LogP contribution is 2.56. The second kappa shape index (κ2) is 33.3. The minimum Gasteiger partial charge on any atom is -1.00 e. The van der Waals surface area contributed by atoms with E-state index >= 15 is 0 Å². The van der Waals surface area contributed by atoms with Crippen LogP contribution in [-0.4, -0.2) is 181 Å². The molecule has 0 radical (unpaired) electrons. The summed E-state index contributed by atoms with van der Waals surface area (Å²) in [6.07, 6.45) is 8.01. The number of aliphatic hydroxyl groups is 5. The Hall–Kier alpha value is -3.13. The summed E-state index contributed by atoms with van der Waals surface area (Å²) >= 11 is 0. The molecule has 3 saturated heterocycles. The van der Waals surface area contributed by atoms with Crippen molar-refractivity contribution in [2.75, 3.05) is 33.9 Å². The summed E-state index contributed by atoms with van der Waals surface area (Å²) in [6, 6.07) is 20.8. The van der Waals surface area contributed by atoms with Gasteiger partial charge in [0.15, 0.2) is 12.6 Å². The molecule has 0 spiro atoms. The third-order valence-corrected chi connectivity index (χ3v) is 23.6. The lowest BCUT2D eigenvalue weighted by atomic mass is 9.77. The number of hydrogen-bond acceptors (Lipinski definition) is 15. The third kappa shape index (κ3) is 18.3. The van der Waals surface area contributed by atoms with Gasteiger partial charge in [0.25, 0.3) is 0 Å². The Morgan fingerprint density at radius 3 is 1.86 bits per heavy atom. The molecule has 3 aliphatic rings. The van der Waals surface area contributed by atoms with Crippen LogP contribution in [0.2, 0.25) is 0 Å². The number of ether oxygens (including phenoxy) is 6. The summed E-state index contributed by atoms with van der Waals surface area (Å²) in [6.45, 7) is 17.5.